The number of fused-ring (bicyclic) bond motifs is 1. The molecular formula is C22H25Cl2N3O. The maximum absolute atomic E-state index is 13.2. The molecule has 28 heavy (non-hydrogen) atoms. The number of amides is 1. The van der Waals surface area contributed by atoms with E-state index >= 15 is 0 Å². The summed E-state index contributed by atoms with van der Waals surface area (Å²) in [6.45, 7) is 5.48. The zero-order valence-corrected chi connectivity index (χ0v) is 17.6. The molecule has 148 valence electrons. The SMILES string of the molecule is Cc1cc2nc(-c3ccccc3)cc(C(=O)N3CC[C@@H](N)C3)c2cc1C.Cl.Cl. The normalized spacial score (nSPS) is 15.8. The molecular weight excluding hydrogens is 393 g/mol. The quantitative estimate of drug-likeness (QED) is 0.665. The minimum Gasteiger partial charge on any atom is -0.337 e. The molecule has 6 heteroatoms. The molecule has 2 aromatic carbocycles. The van der Waals surface area contributed by atoms with Gasteiger partial charge in [-0.05, 0) is 49.6 Å². The Morgan fingerprint density at radius 2 is 1.75 bits per heavy atom. The van der Waals surface area contributed by atoms with Crippen LogP contribution in [0.4, 0.5) is 0 Å². The molecule has 1 saturated heterocycles. The van der Waals surface area contributed by atoms with Gasteiger partial charge in [-0.2, -0.15) is 0 Å². The minimum absolute atomic E-state index is 0. The number of aromatic nitrogens is 1. The number of likely N-dealkylation sites (tertiary alicyclic amines) is 1. The van der Waals surface area contributed by atoms with Crippen LogP contribution in [0, 0.1) is 13.8 Å². The van der Waals surface area contributed by atoms with Crippen LogP contribution in [0.25, 0.3) is 22.2 Å². The summed E-state index contributed by atoms with van der Waals surface area (Å²) in [5, 5.41) is 0.915. The number of carbonyl (C=O) groups excluding carboxylic acids is 1. The summed E-state index contributed by atoms with van der Waals surface area (Å²) >= 11 is 0. The Labute approximate surface area is 178 Å². The fourth-order valence-electron chi connectivity index (χ4n) is 3.56. The summed E-state index contributed by atoms with van der Waals surface area (Å²) in [6, 6.07) is 16.2. The Morgan fingerprint density at radius 1 is 1.07 bits per heavy atom. The van der Waals surface area contributed by atoms with Gasteiger partial charge in [0.15, 0.2) is 0 Å². The number of aryl methyl sites for hydroxylation is 2. The highest BCUT2D eigenvalue weighted by atomic mass is 35.5. The molecule has 1 aromatic heterocycles. The molecule has 0 aliphatic carbocycles. The highest BCUT2D eigenvalue weighted by Crippen LogP contribution is 2.28. The molecule has 1 aliphatic heterocycles. The first-order chi connectivity index (χ1) is 12.5. The van der Waals surface area contributed by atoms with Gasteiger partial charge in [0.1, 0.15) is 0 Å². The van der Waals surface area contributed by atoms with E-state index in [2.05, 4.69) is 26.0 Å². The monoisotopic (exact) mass is 417 g/mol. The second kappa shape index (κ2) is 8.91. The van der Waals surface area contributed by atoms with Gasteiger partial charge in [0.05, 0.1) is 16.8 Å². The Kier molecular flexibility index (Phi) is 7.05. The van der Waals surface area contributed by atoms with Gasteiger partial charge in [0.2, 0.25) is 0 Å². The second-order valence-corrected chi connectivity index (χ2v) is 7.17. The van der Waals surface area contributed by atoms with Gasteiger partial charge in [-0.25, -0.2) is 4.98 Å². The summed E-state index contributed by atoms with van der Waals surface area (Å²) in [5.74, 6) is 0.0470. The molecule has 1 fully saturated rings. The van der Waals surface area contributed by atoms with Crippen molar-refractivity contribution >= 4 is 41.6 Å². The molecule has 0 unspecified atom stereocenters. The molecule has 1 atom stereocenters. The van der Waals surface area contributed by atoms with Gasteiger partial charge >= 0.3 is 0 Å². The van der Waals surface area contributed by atoms with Crippen molar-refractivity contribution in [3.05, 3.63) is 65.2 Å². The Morgan fingerprint density at radius 3 is 2.39 bits per heavy atom. The van der Waals surface area contributed by atoms with Gasteiger partial charge < -0.3 is 10.6 Å². The molecule has 2 heterocycles. The fraction of sp³-hybridized carbons (Fsp3) is 0.273. The summed E-state index contributed by atoms with van der Waals surface area (Å²) in [6.07, 6.45) is 0.860. The molecule has 1 aliphatic rings. The summed E-state index contributed by atoms with van der Waals surface area (Å²) in [7, 11) is 0. The van der Waals surface area contributed by atoms with Crippen molar-refractivity contribution in [3.8, 4) is 11.3 Å². The lowest BCUT2D eigenvalue weighted by atomic mass is 9.99. The van der Waals surface area contributed by atoms with Gasteiger partial charge in [0.25, 0.3) is 5.91 Å². The van der Waals surface area contributed by atoms with Gasteiger partial charge in [-0.3, -0.25) is 4.79 Å². The van der Waals surface area contributed by atoms with Crippen LogP contribution in [-0.2, 0) is 0 Å². The number of benzene rings is 2. The van der Waals surface area contributed by atoms with E-state index in [0.29, 0.717) is 12.1 Å². The number of nitrogens with two attached hydrogens (primary N) is 1. The van der Waals surface area contributed by atoms with E-state index in [1.165, 1.54) is 11.1 Å². The fourth-order valence-corrected chi connectivity index (χ4v) is 3.56. The highest BCUT2D eigenvalue weighted by molar-refractivity contribution is 6.07. The number of carbonyl (C=O) groups is 1. The van der Waals surface area contributed by atoms with Crippen molar-refractivity contribution in [1.82, 2.24) is 9.88 Å². The number of rotatable bonds is 2. The first-order valence-electron chi connectivity index (χ1n) is 9.05. The number of halogens is 2. The maximum Gasteiger partial charge on any atom is 0.254 e. The van der Waals surface area contributed by atoms with Crippen molar-refractivity contribution in [2.45, 2.75) is 26.3 Å². The number of hydrogen-bond acceptors (Lipinski definition) is 3. The summed E-state index contributed by atoms with van der Waals surface area (Å²) < 4.78 is 0. The topological polar surface area (TPSA) is 59.2 Å². The molecule has 3 aromatic rings. The smallest absolute Gasteiger partial charge is 0.254 e. The largest absolute Gasteiger partial charge is 0.337 e. The number of hydrogen-bond donors (Lipinski definition) is 1. The Balaban J connectivity index is 0.00000140. The highest BCUT2D eigenvalue weighted by Gasteiger charge is 2.26. The van der Waals surface area contributed by atoms with Gasteiger partial charge in [0, 0.05) is 30.1 Å². The van der Waals surface area contributed by atoms with Crippen LogP contribution in [-0.4, -0.2) is 34.9 Å². The van der Waals surface area contributed by atoms with Crippen LogP contribution in [0.3, 0.4) is 0 Å². The van der Waals surface area contributed by atoms with E-state index < -0.39 is 0 Å². The summed E-state index contributed by atoms with van der Waals surface area (Å²) in [5.41, 5.74) is 11.8. The second-order valence-electron chi connectivity index (χ2n) is 7.17. The molecule has 4 rings (SSSR count). The molecule has 0 saturated carbocycles. The number of nitrogens with zero attached hydrogens (tertiary/aromatic N) is 2. The first kappa shape index (κ1) is 22.2. The minimum atomic E-state index is 0. The third kappa shape index (κ3) is 4.14. The lowest BCUT2D eigenvalue weighted by Crippen LogP contribution is -2.32. The van der Waals surface area contributed by atoms with Crippen LogP contribution < -0.4 is 5.73 Å². The lowest BCUT2D eigenvalue weighted by Gasteiger charge is -2.18. The van der Waals surface area contributed by atoms with Crippen molar-refractivity contribution in [2.75, 3.05) is 13.1 Å². The molecule has 0 spiro atoms. The predicted octanol–water partition coefficient (Wildman–Crippen LogP) is 4.54. The Hall–Kier alpha value is -2.14. The van der Waals surface area contributed by atoms with E-state index in [4.69, 9.17) is 10.7 Å². The van der Waals surface area contributed by atoms with E-state index in [1.54, 1.807) is 0 Å². The Bertz CT molecular complexity index is 992. The van der Waals surface area contributed by atoms with Crippen molar-refractivity contribution in [2.24, 2.45) is 5.73 Å². The van der Waals surface area contributed by atoms with Crippen LogP contribution in [0.15, 0.2) is 48.5 Å². The first-order valence-corrected chi connectivity index (χ1v) is 9.05. The van der Waals surface area contributed by atoms with E-state index in [1.807, 2.05) is 41.3 Å². The van der Waals surface area contributed by atoms with E-state index in [9.17, 15) is 4.79 Å². The van der Waals surface area contributed by atoms with Gasteiger partial charge in [-0.15, -0.1) is 24.8 Å². The average molecular weight is 418 g/mol. The standard InChI is InChI=1S/C22H23N3O.2ClH/c1-14-10-18-19(22(26)25-9-8-17(23)13-25)12-20(16-6-4-3-5-7-16)24-21(18)11-15(14)2;;/h3-7,10-12,17H,8-9,13,23H2,1-2H3;2*1H/t17-;;/m1../s1. The number of pyridine rings is 1. The molecule has 4 nitrogen and oxygen atoms in total. The third-order valence-corrected chi connectivity index (χ3v) is 5.24. The molecule has 0 radical (unpaired) electrons. The summed E-state index contributed by atoms with van der Waals surface area (Å²) in [4.78, 5) is 19.9. The van der Waals surface area contributed by atoms with E-state index in [0.717, 1.165) is 35.1 Å². The zero-order chi connectivity index (χ0) is 18.3. The average Bonchev–Trinajstić information content (AvgIpc) is 3.08. The predicted molar refractivity (Wildman–Crippen MR) is 120 cm³/mol. The van der Waals surface area contributed by atoms with Gasteiger partial charge in [-0.1, -0.05) is 30.3 Å². The maximum atomic E-state index is 13.2. The van der Waals surface area contributed by atoms with E-state index in [-0.39, 0.29) is 36.8 Å². The van der Waals surface area contributed by atoms with Crippen LogP contribution in [0.1, 0.15) is 27.9 Å². The van der Waals surface area contributed by atoms with Crippen LogP contribution in [0.5, 0.6) is 0 Å². The zero-order valence-electron chi connectivity index (χ0n) is 16.0. The molecule has 1 amide bonds. The van der Waals surface area contributed by atoms with Crippen molar-refractivity contribution in [1.29, 1.82) is 0 Å². The van der Waals surface area contributed by atoms with Crippen molar-refractivity contribution < 1.29 is 4.79 Å². The van der Waals surface area contributed by atoms with Crippen LogP contribution >= 0.6 is 24.8 Å². The third-order valence-electron chi connectivity index (χ3n) is 5.24. The lowest BCUT2D eigenvalue weighted by molar-refractivity contribution is 0.0793. The van der Waals surface area contributed by atoms with Crippen LogP contribution in [0.2, 0.25) is 0 Å². The molecule has 2 N–H and O–H groups in total. The molecule has 0 bridgehead atoms. The van der Waals surface area contributed by atoms with Crippen molar-refractivity contribution in [3.63, 3.8) is 0 Å².